The van der Waals surface area contributed by atoms with Crippen molar-refractivity contribution in [1.82, 2.24) is 0 Å². The largest absolute Gasteiger partial charge is 0.0876 e. The predicted molar refractivity (Wildman–Crippen MR) is 46.6 cm³/mol. The van der Waals surface area contributed by atoms with Crippen LogP contribution < -0.4 is 0 Å². The van der Waals surface area contributed by atoms with Crippen molar-refractivity contribution in [2.24, 2.45) is 0 Å². The Morgan fingerprint density at radius 2 is 1.89 bits per heavy atom. The summed E-state index contributed by atoms with van der Waals surface area (Å²) in [5.74, 6) is 0. The van der Waals surface area contributed by atoms with E-state index in [9.17, 15) is 0 Å². The molecule has 0 aliphatic heterocycles. The van der Waals surface area contributed by atoms with Gasteiger partial charge in [0.2, 0.25) is 0 Å². The van der Waals surface area contributed by atoms with Crippen LogP contribution in [0.4, 0.5) is 0 Å². The third-order valence-corrected chi connectivity index (χ3v) is 1.30. The highest BCUT2D eigenvalue weighted by Gasteiger charge is 1.75. The van der Waals surface area contributed by atoms with E-state index in [2.05, 4.69) is 15.9 Å². The molecule has 0 aromatic heterocycles. The van der Waals surface area contributed by atoms with Gasteiger partial charge in [0.15, 0.2) is 0 Å². The smallest absolute Gasteiger partial charge is 0.0171 e. The fourth-order valence-electron chi connectivity index (χ4n) is 0.403. The Morgan fingerprint density at radius 1 is 1.22 bits per heavy atom. The highest BCUT2D eigenvalue weighted by Crippen LogP contribution is 2.05. The van der Waals surface area contributed by atoms with Crippen LogP contribution in [0.3, 0.4) is 0 Å². The van der Waals surface area contributed by atoms with Crippen molar-refractivity contribution in [2.45, 2.75) is 13.8 Å². The Bertz CT molecular complexity index is 141. The molecule has 0 aliphatic rings. The van der Waals surface area contributed by atoms with E-state index in [0.29, 0.717) is 0 Å². The average molecular weight is 187 g/mol. The number of hydrogen-bond acceptors (Lipinski definition) is 0. The van der Waals surface area contributed by atoms with Crippen LogP contribution in [0, 0.1) is 0 Å². The Balaban J connectivity index is 3.84. The molecule has 0 saturated carbocycles. The molecule has 0 bridgehead atoms. The van der Waals surface area contributed by atoms with E-state index in [-0.39, 0.29) is 0 Å². The lowest BCUT2D eigenvalue weighted by molar-refractivity contribution is 1.69. The van der Waals surface area contributed by atoms with Crippen molar-refractivity contribution in [2.75, 3.05) is 0 Å². The van der Waals surface area contributed by atoms with Gasteiger partial charge in [0.1, 0.15) is 0 Å². The Morgan fingerprint density at radius 3 is 2.33 bits per heavy atom. The SMILES string of the molecule is CC=C/C(Br)=C\C=C/C. The van der Waals surface area contributed by atoms with Gasteiger partial charge in [0.05, 0.1) is 0 Å². The minimum Gasteiger partial charge on any atom is -0.0876 e. The zero-order valence-electron chi connectivity index (χ0n) is 5.76. The van der Waals surface area contributed by atoms with Crippen LogP contribution in [0.15, 0.2) is 34.9 Å². The number of rotatable bonds is 2. The molecular formula is C8H11Br. The molecule has 0 aromatic carbocycles. The van der Waals surface area contributed by atoms with Gasteiger partial charge in [-0.15, -0.1) is 0 Å². The van der Waals surface area contributed by atoms with Gasteiger partial charge in [-0.3, -0.25) is 0 Å². The van der Waals surface area contributed by atoms with Gasteiger partial charge in [-0.05, 0) is 19.9 Å². The number of allylic oxidation sites excluding steroid dienone is 6. The number of hydrogen-bond donors (Lipinski definition) is 0. The monoisotopic (exact) mass is 186 g/mol. The second-order valence-corrected chi connectivity index (χ2v) is 2.49. The molecule has 0 aromatic rings. The van der Waals surface area contributed by atoms with Crippen molar-refractivity contribution in [3.8, 4) is 0 Å². The van der Waals surface area contributed by atoms with E-state index in [1.54, 1.807) is 0 Å². The van der Waals surface area contributed by atoms with Crippen LogP contribution in [0.2, 0.25) is 0 Å². The summed E-state index contributed by atoms with van der Waals surface area (Å²) in [7, 11) is 0. The Kier molecular flexibility index (Phi) is 5.64. The van der Waals surface area contributed by atoms with Crippen LogP contribution in [0.5, 0.6) is 0 Å². The molecule has 0 N–H and O–H groups in total. The molecule has 0 saturated heterocycles. The van der Waals surface area contributed by atoms with Crippen molar-refractivity contribution < 1.29 is 0 Å². The summed E-state index contributed by atoms with van der Waals surface area (Å²) in [6.45, 7) is 3.98. The molecule has 0 atom stereocenters. The van der Waals surface area contributed by atoms with E-state index < -0.39 is 0 Å². The van der Waals surface area contributed by atoms with Gasteiger partial charge in [0, 0.05) is 4.48 Å². The van der Waals surface area contributed by atoms with Gasteiger partial charge in [-0.2, -0.15) is 0 Å². The van der Waals surface area contributed by atoms with Gasteiger partial charge < -0.3 is 0 Å². The minimum atomic E-state index is 1.10. The van der Waals surface area contributed by atoms with Crippen LogP contribution in [0.25, 0.3) is 0 Å². The van der Waals surface area contributed by atoms with E-state index >= 15 is 0 Å². The maximum Gasteiger partial charge on any atom is 0.0171 e. The van der Waals surface area contributed by atoms with Gasteiger partial charge >= 0.3 is 0 Å². The zero-order chi connectivity index (χ0) is 7.11. The first kappa shape index (κ1) is 8.70. The summed E-state index contributed by atoms with van der Waals surface area (Å²) in [6.07, 6.45) is 9.97. The molecule has 0 aliphatic carbocycles. The molecule has 0 amide bonds. The van der Waals surface area contributed by atoms with E-state index in [0.717, 1.165) is 4.48 Å². The van der Waals surface area contributed by atoms with Crippen molar-refractivity contribution in [3.63, 3.8) is 0 Å². The molecule has 0 unspecified atom stereocenters. The molecule has 1 heteroatoms. The Labute approximate surface area is 65.1 Å². The lowest BCUT2D eigenvalue weighted by atomic mass is 10.4. The molecule has 9 heavy (non-hydrogen) atoms. The quantitative estimate of drug-likeness (QED) is 0.581. The number of halogens is 1. The molecule has 0 fully saturated rings. The van der Waals surface area contributed by atoms with Crippen LogP contribution >= 0.6 is 15.9 Å². The van der Waals surface area contributed by atoms with E-state index in [4.69, 9.17) is 0 Å². The normalized spacial score (nSPS) is 13.9. The molecule has 0 radical (unpaired) electrons. The summed E-state index contributed by atoms with van der Waals surface area (Å²) in [5, 5.41) is 0. The van der Waals surface area contributed by atoms with E-state index in [1.807, 2.05) is 44.2 Å². The second kappa shape index (κ2) is 5.83. The van der Waals surface area contributed by atoms with Crippen LogP contribution in [-0.4, -0.2) is 0 Å². The first-order chi connectivity index (χ1) is 4.31. The first-order valence-corrected chi connectivity index (χ1v) is 3.71. The molecular weight excluding hydrogens is 176 g/mol. The highest BCUT2D eigenvalue weighted by molar-refractivity contribution is 9.11. The van der Waals surface area contributed by atoms with Crippen molar-refractivity contribution in [3.05, 3.63) is 34.9 Å². The maximum absolute atomic E-state index is 3.36. The van der Waals surface area contributed by atoms with Gasteiger partial charge in [-0.1, -0.05) is 40.2 Å². The molecule has 50 valence electrons. The van der Waals surface area contributed by atoms with Crippen LogP contribution in [0.1, 0.15) is 13.8 Å². The lowest BCUT2D eigenvalue weighted by Gasteiger charge is -1.81. The Hall–Kier alpha value is -0.300. The average Bonchev–Trinajstić information content (AvgIpc) is 1.85. The summed E-state index contributed by atoms with van der Waals surface area (Å²) in [6, 6.07) is 0. The molecule has 0 rings (SSSR count). The fraction of sp³-hybridized carbons (Fsp3) is 0.250. The third kappa shape index (κ3) is 5.57. The summed E-state index contributed by atoms with van der Waals surface area (Å²) < 4.78 is 1.10. The lowest BCUT2D eigenvalue weighted by Crippen LogP contribution is -1.57. The molecule has 0 nitrogen and oxygen atoms in total. The fourth-order valence-corrected chi connectivity index (χ4v) is 0.820. The van der Waals surface area contributed by atoms with E-state index in [1.165, 1.54) is 0 Å². The van der Waals surface area contributed by atoms with Crippen molar-refractivity contribution >= 4 is 15.9 Å². The topological polar surface area (TPSA) is 0 Å². The van der Waals surface area contributed by atoms with Crippen molar-refractivity contribution in [1.29, 1.82) is 0 Å². The second-order valence-electron chi connectivity index (χ2n) is 1.58. The predicted octanol–water partition coefficient (Wildman–Crippen LogP) is 3.42. The summed E-state index contributed by atoms with van der Waals surface area (Å²) in [4.78, 5) is 0. The first-order valence-electron chi connectivity index (χ1n) is 2.92. The highest BCUT2D eigenvalue weighted by atomic mass is 79.9. The minimum absolute atomic E-state index is 1.10. The zero-order valence-corrected chi connectivity index (χ0v) is 7.35. The third-order valence-electron chi connectivity index (χ3n) is 0.774. The summed E-state index contributed by atoms with van der Waals surface area (Å²) in [5.41, 5.74) is 0. The summed E-state index contributed by atoms with van der Waals surface area (Å²) >= 11 is 3.36. The van der Waals surface area contributed by atoms with Gasteiger partial charge in [-0.25, -0.2) is 0 Å². The standard InChI is InChI=1S/C8H11Br/c1-3-5-7-8(9)6-4-2/h3-7H,1-2H3/b5-3-,6-4?,8-7+. The molecule has 0 spiro atoms. The maximum atomic E-state index is 3.36. The van der Waals surface area contributed by atoms with Gasteiger partial charge in [0.25, 0.3) is 0 Å². The molecule has 0 heterocycles. The van der Waals surface area contributed by atoms with Crippen LogP contribution in [-0.2, 0) is 0 Å².